The summed E-state index contributed by atoms with van der Waals surface area (Å²) in [6.45, 7) is 0.729. The van der Waals surface area contributed by atoms with Crippen LogP contribution in [0.15, 0.2) is 35.3 Å². The molecule has 0 saturated carbocycles. The SMILES string of the molecule is NCC#Cc1ccc(CNC(=O)c2cc[nH]c(=O)c2)s1. The van der Waals surface area contributed by atoms with E-state index in [1.165, 1.54) is 23.6 Å². The fraction of sp³-hybridized carbons (Fsp3) is 0.143. The van der Waals surface area contributed by atoms with Gasteiger partial charge in [0.1, 0.15) is 0 Å². The second kappa shape index (κ2) is 6.70. The van der Waals surface area contributed by atoms with E-state index in [2.05, 4.69) is 22.1 Å². The molecule has 2 heterocycles. The number of carbonyl (C=O) groups is 1. The van der Waals surface area contributed by atoms with Crippen molar-refractivity contribution in [3.8, 4) is 11.8 Å². The summed E-state index contributed by atoms with van der Waals surface area (Å²) in [7, 11) is 0. The van der Waals surface area contributed by atoms with Crippen LogP contribution in [0, 0.1) is 11.8 Å². The molecule has 2 aromatic rings. The van der Waals surface area contributed by atoms with Crippen molar-refractivity contribution in [1.82, 2.24) is 10.3 Å². The molecule has 0 unspecified atom stereocenters. The Labute approximate surface area is 119 Å². The lowest BCUT2D eigenvalue weighted by atomic mass is 10.2. The average molecular weight is 287 g/mol. The van der Waals surface area contributed by atoms with Gasteiger partial charge in [-0.2, -0.15) is 0 Å². The van der Waals surface area contributed by atoms with E-state index in [0.717, 1.165) is 9.75 Å². The molecular weight excluding hydrogens is 274 g/mol. The molecule has 0 bridgehead atoms. The number of aromatic nitrogens is 1. The first-order valence-corrected chi connectivity index (χ1v) is 6.75. The number of hydrogen-bond donors (Lipinski definition) is 3. The summed E-state index contributed by atoms with van der Waals surface area (Å²) < 4.78 is 0. The Kier molecular flexibility index (Phi) is 4.71. The highest BCUT2D eigenvalue weighted by Crippen LogP contribution is 2.15. The number of H-pyrrole nitrogens is 1. The van der Waals surface area contributed by atoms with Crippen LogP contribution in [0.1, 0.15) is 20.1 Å². The van der Waals surface area contributed by atoms with Gasteiger partial charge >= 0.3 is 0 Å². The first-order chi connectivity index (χ1) is 9.69. The lowest BCUT2D eigenvalue weighted by Crippen LogP contribution is -2.23. The van der Waals surface area contributed by atoms with Crippen molar-refractivity contribution >= 4 is 17.2 Å². The van der Waals surface area contributed by atoms with Gasteiger partial charge in [0.15, 0.2) is 0 Å². The number of pyridine rings is 1. The van der Waals surface area contributed by atoms with E-state index in [1.807, 2.05) is 12.1 Å². The molecule has 0 spiro atoms. The van der Waals surface area contributed by atoms with E-state index >= 15 is 0 Å². The first kappa shape index (κ1) is 14.1. The van der Waals surface area contributed by atoms with Crippen molar-refractivity contribution in [2.24, 2.45) is 5.73 Å². The summed E-state index contributed by atoms with van der Waals surface area (Å²) in [6.07, 6.45) is 1.45. The van der Waals surface area contributed by atoms with Crippen molar-refractivity contribution in [3.63, 3.8) is 0 Å². The average Bonchev–Trinajstić information content (AvgIpc) is 2.90. The maximum Gasteiger partial charge on any atom is 0.251 e. The monoisotopic (exact) mass is 287 g/mol. The maximum absolute atomic E-state index is 11.8. The predicted molar refractivity (Wildman–Crippen MR) is 78.5 cm³/mol. The van der Waals surface area contributed by atoms with Gasteiger partial charge in [-0.3, -0.25) is 9.59 Å². The van der Waals surface area contributed by atoms with E-state index in [1.54, 1.807) is 6.07 Å². The zero-order chi connectivity index (χ0) is 14.4. The molecule has 102 valence electrons. The molecular formula is C14H13N3O2S. The normalized spacial score (nSPS) is 9.65. The van der Waals surface area contributed by atoms with Gasteiger partial charge in [0.2, 0.25) is 5.56 Å². The fourth-order valence-corrected chi connectivity index (χ4v) is 2.36. The summed E-state index contributed by atoms with van der Waals surface area (Å²) in [5, 5.41) is 2.76. The summed E-state index contributed by atoms with van der Waals surface area (Å²) >= 11 is 1.50. The molecule has 20 heavy (non-hydrogen) atoms. The van der Waals surface area contributed by atoms with Gasteiger partial charge in [-0.25, -0.2) is 0 Å². The molecule has 0 aliphatic heterocycles. The number of amides is 1. The molecule has 0 aliphatic rings. The zero-order valence-electron chi connectivity index (χ0n) is 10.6. The standard InChI is InChI=1S/C14H13N3O2S/c15-6-1-2-11-3-4-12(20-11)9-17-14(19)10-5-7-16-13(18)8-10/h3-5,7-8H,6,9,15H2,(H,16,18)(H,17,19). The van der Waals surface area contributed by atoms with Crippen LogP contribution < -0.4 is 16.6 Å². The van der Waals surface area contributed by atoms with Crippen LogP contribution >= 0.6 is 11.3 Å². The number of rotatable bonds is 3. The van der Waals surface area contributed by atoms with Gasteiger partial charge in [0.05, 0.1) is 18.0 Å². The van der Waals surface area contributed by atoms with Crippen molar-refractivity contribution in [3.05, 3.63) is 56.1 Å². The third-order valence-corrected chi connectivity index (χ3v) is 3.44. The molecule has 2 aromatic heterocycles. The summed E-state index contributed by atoms with van der Waals surface area (Å²) in [4.78, 5) is 27.3. The van der Waals surface area contributed by atoms with Crippen LogP contribution in [0.4, 0.5) is 0 Å². The summed E-state index contributed by atoms with van der Waals surface area (Å²) in [6, 6.07) is 6.62. The molecule has 0 aromatic carbocycles. The van der Waals surface area contributed by atoms with Gasteiger partial charge in [-0.05, 0) is 18.2 Å². The molecule has 4 N–H and O–H groups in total. The maximum atomic E-state index is 11.8. The van der Waals surface area contributed by atoms with Gasteiger partial charge in [-0.1, -0.05) is 11.8 Å². The van der Waals surface area contributed by atoms with E-state index in [-0.39, 0.29) is 11.5 Å². The van der Waals surface area contributed by atoms with Crippen LogP contribution in [-0.4, -0.2) is 17.4 Å². The van der Waals surface area contributed by atoms with Crippen molar-refractivity contribution in [2.45, 2.75) is 6.54 Å². The second-order valence-electron chi connectivity index (χ2n) is 3.90. The third kappa shape index (κ3) is 3.82. The molecule has 0 aliphatic carbocycles. The molecule has 0 fully saturated rings. The minimum atomic E-state index is -0.298. The van der Waals surface area contributed by atoms with Crippen LogP contribution in [0.2, 0.25) is 0 Å². The number of aromatic amines is 1. The minimum Gasteiger partial charge on any atom is -0.347 e. The van der Waals surface area contributed by atoms with E-state index in [4.69, 9.17) is 5.73 Å². The Morgan fingerprint density at radius 3 is 3.00 bits per heavy atom. The summed E-state index contributed by atoms with van der Waals surface area (Å²) in [5.74, 6) is 5.44. The highest BCUT2D eigenvalue weighted by atomic mass is 32.1. The Bertz CT molecular complexity index is 722. The fourth-order valence-electron chi connectivity index (χ4n) is 1.53. The smallest absolute Gasteiger partial charge is 0.251 e. The second-order valence-corrected chi connectivity index (χ2v) is 5.06. The number of hydrogen-bond acceptors (Lipinski definition) is 4. The Balaban J connectivity index is 1.96. The highest BCUT2D eigenvalue weighted by molar-refractivity contribution is 7.12. The van der Waals surface area contributed by atoms with E-state index < -0.39 is 0 Å². The van der Waals surface area contributed by atoms with Crippen LogP contribution in [0.5, 0.6) is 0 Å². The van der Waals surface area contributed by atoms with Crippen molar-refractivity contribution < 1.29 is 4.79 Å². The molecule has 0 saturated heterocycles. The van der Waals surface area contributed by atoms with Gasteiger partial charge in [0.25, 0.3) is 5.91 Å². The molecule has 0 radical (unpaired) electrons. The largest absolute Gasteiger partial charge is 0.347 e. The number of nitrogens with two attached hydrogens (primary N) is 1. The first-order valence-electron chi connectivity index (χ1n) is 5.93. The lowest BCUT2D eigenvalue weighted by Gasteiger charge is -2.02. The Morgan fingerprint density at radius 1 is 1.40 bits per heavy atom. The highest BCUT2D eigenvalue weighted by Gasteiger charge is 2.06. The van der Waals surface area contributed by atoms with Crippen LogP contribution in [-0.2, 0) is 6.54 Å². The lowest BCUT2D eigenvalue weighted by molar-refractivity contribution is 0.0951. The van der Waals surface area contributed by atoms with Crippen LogP contribution in [0.3, 0.4) is 0 Å². The predicted octanol–water partition coefficient (Wildman–Crippen LogP) is 0.677. The molecule has 0 atom stereocenters. The van der Waals surface area contributed by atoms with E-state index in [9.17, 15) is 9.59 Å². The van der Waals surface area contributed by atoms with Crippen LogP contribution in [0.25, 0.3) is 0 Å². The molecule has 1 amide bonds. The van der Waals surface area contributed by atoms with Gasteiger partial charge in [0, 0.05) is 22.7 Å². The number of thiophene rings is 1. The summed E-state index contributed by atoms with van der Waals surface area (Å²) in [5.41, 5.74) is 5.35. The Morgan fingerprint density at radius 2 is 2.25 bits per heavy atom. The van der Waals surface area contributed by atoms with Gasteiger partial charge in [-0.15, -0.1) is 11.3 Å². The van der Waals surface area contributed by atoms with Gasteiger partial charge < -0.3 is 16.0 Å². The van der Waals surface area contributed by atoms with Crippen molar-refractivity contribution in [2.75, 3.05) is 6.54 Å². The molecule has 5 nitrogen and oxygen atoms in total. The van der Waals surface area contributed by atoms with Crippen molar-refractivity contribution in [1.29, 1.82) is 0 Å². The van der Waals surface area contributed by atoms with E-state index in [0.29, 0.717) is 18.7 Å². The zero-order valence-corrected chi connectivity index (χ0v) is 11.4. The molecule has 6 heteroatoms. The quantitative estimate of drug-likeness (QED) is 0.725. The number of carbonyl (C=O) groups excluding carboxylic acids is 1. The minimum absolute atomic E-state index is 0.279. The Hall–Kier alpha value is -2.36. The molecule has 2 rings (SSSR count). The third-order valence-electron chi connectivity index (χ3n) is 2.44. The topological polar surface area (TPSA) is 88.0 Å². The number of nitrogens with one attached hydrogen (secondary N) is 2.